The van der Waals surface area contributed by atoms with Gasteiger partial charge in [0.1, 0.15) is 46.0 Å². The molecule has 0 spiro atoms. The van der Waals surface area contributed by atoms with E-state index in [1.54, 1.807) is 0 Å². The third-order valence-electron chi connectivity index (χ3n) is 11.9. The number of hydrogen-bond donors (Lipinski definition) is 6. The molecule has 0 unspecified atom stereocenters. The van der Waals surface area contributed by atoms with E-state index in [2.05, 4.69) is 31.2 Å². The molecule has 0 atom stereocenters. The summed E-state index contributed by atoms with van der Waals surface area (Å²) in [4.78, 5) is 17.9. The molecule has 0 fully saturated rings. The summed E-state index contributed by atoms with van der Waals surface area (Å²) in [6.07, 6.45) is 0. The molecule has 0 saturated carbocycles. The van der Waals surface area contributed by atoms with Crippen LogP contribution >= 0.6 is 0 Å². The van der Waals surface area contributed by atoms with E-state index in [4.69, 9.17) is 32.6 Å². The Morgan fingerprint density at radius 1 is 0.271 bits per heavy atom. The van der Waals surface area contributed by atoms with Crippen molar-refractivity contribution >= 4 is 89.6 Å². The van der Waals surface area contributed by atoms with E-state index < -0.39 is 0 Å². The van der Waals surface area contributed by atoms with Gasteiger partial charge in [0.2, 0.25) is 0 Å². The number of H-pyrrole nitrogens is 2. The van der Waals surface area contributed by atoms with Gasteiger partial charge in [0.15, 0.2) is 0 Å². The number of ether oxygens (including phenoxy) is 4. The van der Waals surface area contributed by atoms with Gasteiger partial charge in [-0.25, -0.2) is 0 Å². The minimum atomic E-state index is 0.611. The van der Waals surface area contributed by atoms with Gasteiger partial charge in [-0.1, -0.05) is 72.8 Å². The molecule has 0 amide bonds. The molecule has 5 heterocycles. The summed E-state index contributed by atoms with van der Waals surface area (Å²) >= 11 is 1.06. The summed E-state index contributed by atoms with van der Waals surface area (Å²) in [7, 11) is 0. The molecule has 14 heteroatoms. The molecule has 13 rings (SSSR count). The Kier molecular flexibility index (Phi) is 10.9. The van der Waals surface area contributed by atoms with Crippen molar-refractivity contribution in [2.75, 3.05) is 21.3 Å². The molecular formula is C56H38N8O5V. The molecule has 13 nitrogen and oxygen atoms in total. The first-order chi connectivity index (χ1) is 34.6. The van der Waals surface area contributed by atoms with Gasteiger partial charge in [0.25, 0.3) is 0 Å². The summed E-state index contributed by atoms with van der Waals surface area (Å²) in [6.45, 7) is 0. The number of benzene rings is 8. The number of anilines is 8. The van der Waals surface area contributed by atoms with Gasteiger partial charge in [-0.05, 0) is 143 Å². The first kappa shape index (κ1) is 42.1. The Balaban J connectivity index is 0.00000249. The summed E-state index contributed by atoms with van der Waals surface area (Å²) < 4.78 is 33.7. The van der Waals surface area contributed by atoms with Crippen LogP contribution < -0.4 is 50.2 Å². The summed E-state index contributed by atoms with van der Waals surface area (Å²) in [5.74, 6) is 10.9. The maximum atomic E-state index is 8.19. The molecule has 4 aromatic heterocycles. The van der Waals surface area contributed by atoms with Gasteiger partial charge in [-0.2, -0.15) is 0 Å². The van der Waals surface area contributed by atoms with Crippen LogP contribution in [0.3, 0.4) is 0 Å². The zero-order valence-electron chi connectivity index (χ0n) is 36.9. The molecule has 1 aliphatic heterocycles. The number of para-hydroxylation sites is 4. The maximum absolute atomic E-state index is 8.19. The summed E-state index contributed by atoms with van der Waals surface area (Å²) in [6, 6.07) is 63.0. The van der Waals surface area contributed by atoms with Crippen LogP contribution in [0.1, 0.15) is 0 Å². The normalized spacial score (nSPS) is 11.7. The third kappa shape index (κ3) is 8.17. The van der Waals surface area contributed by atoms with Crippen molar-refractivity contribution in [3.05, 3.63) is 194 Å². The predicted octanol–water partition coefficient (Wildman–Crippen LogP) is 15.2. The fourth-order valence-electron chi connectivity index (χ4n) is 8.73. The molecule has 0 radical (unpaired) electrons. The van der Waals surface area contributed by atoms with E-state index in [-0.39, 0.29) is 0 Å². The summed E-state index contributed by atoms with van der Waals surface area (Å²) in [5, 5.41) is 21.7. The fourth-order valence-corrected chi connectivity index (χ4v) is 8.73. The van der Waals surface area contributed by atoms with Crippen molar-refractivity contribution < 1.29 is 40.0 Å². The Bertz CT molecular complexity index is 3340. The minimum absolute atomic E-state index is 0.611. The van der Waals surface area contributed by atoms with Crippen LogP contribution in [-0.2, 0) is 21.0 Å². The van der Waals surface area contributed by atoms with Gasteiger partial charge in [-0.3, -0.25) is 0 Å². The van der Waals surface area contributed by atoms with E-state index in [0.717, 1.165) is 83.5 Å². The van der Waals surface area contributed by atoms with Crippen molar-refractivity contribution in [1.82, 2.24) is 19.9 Å². The Hall–Kier alpha value is -9.30. The molecule has 0 saturated heterocycles. The van der Waals surface area contributed by atoms with E-state index in [1.165, 1.54) is 0 Å². The second-order valence-corrected chi connectivity index (χ2v) is 16.4. The second-order valence-electron chi connectivity index (χ2n) is 16.4. The first-order valence-electron chi connectivity index (χ1n) is 22.3. The topological polar surface area (TPSA) is 162 Å². The Morgan fingerprint density at radius 3 is 0.843 bits per heavy atom. The Morgan fingerprint density at radius 2 is 0.529 bits per heavy atom. The largest absolute Gasteiger partial charge is 0.457 e. The molecule has 1 aliphatic rings. The molecular weight excluding hydrogens is 916 g/mol. The first-order valence-corrected chi connectivity index (χ1v) is 22.9. The SMILES string of the molecule is [O]=[V+2].c1ccc(Oc2ccc3c4[n-]c(c3c2)Nc2[nH]c(c3cc(Oc5ccccc5)ccc23)Nc2[n-]c(c3cc(Oc5ccccc5)ccc23)Nc2[nH]c(c3cc(Oc5ccccc5)ccc23)N4)cc1. The van der Waals surface area contributed by atoms with Crippen LogP contribution in [0, 0.1) is 0 Å². The van der Waals surface area contributed by atoms with Crippen molar-refractivity contribution in [3.8, 4) is 46.0 Å². The van der Waals surface area contributed by atoms with Crippen LogP contribution in [0.4, 0.5) is 46.5 Å². The van der Waals surface area contributed by atoms with Crippen molar-refractivity contribution in [2.24, 2.45) is 0 Å². The van der Waals surface area contributed by atoms with Crippen molar-refractivity contribution in [1.29, 1.82) is 0 Å². The van der Waals surface area contributed by atoms with E-state index in [1.807, 2.05) is 194 Å². The third-order valence-corrected chi connectivity index (χ3v) is 11.9. The number of aromatic amines is 2. The van der Waals surface area contributed by atoms with Gasteiger partial charge in [0, 0.05) is 44.8 Å². The van der Waals surface area contributed by atoms with E-state index in [9.17, 15) is 0 Å². The van der Waals surface area contributed by atoms with Crippen LogP contribution in [0.5, 0.6) is 46.0 Å². The number of aromatic nitrogens is 4. The van der Waals surface area contributed by atoms with Gasteiger partial charge >= 0.3 is 21.0 Å². The quantitative estimate of drug-likeness (QED) is 0.0860. The molecule has 12 aromatic rings. The smallest absolute Gasteiger partial charge is 0.128 e. The standard InChI is InChI=1S/C56H38N8O4.O.V/c1-5-13-33(14-6-1)65-37-21-25-41-45(29-37)53-57-49(41)62-54-47-31-39(67-35-17-9-3-10-18-35)23-27-43(47)51(59-54)64-56-48-32-40(68-36-19-11-4-12-20-36)24-28-44(48)52(60-56)63-55-46-30-38(66-34-15-7-2-8-16-34)22-26-42(46)50(58-55)61-53;;/h1-32,57,60-64H;;/q-2;;+2. The number of hydrogen-bond acceptors (Lipinski definition) is 9. The van der Waals surface area contributed by atoms with Crippen LogP contribution in [0.25, 0.3) is 43.1 Å². The molecule has 0 aliphatic carbocycles. The molecule has 70 heavy (non-hydrogen) atoms. The second kappa shape index (κ2) is 18.1. The number of fused-ring (bicyclic) bond motifs is 20. The number of nitrogens with one attached hydrogen (secondary N) is 6. The molecule has 6 N–H and O–H groups in total. The van der Waals surface area contributed by atoms with E-state index in [0.29, 0.717) is 69.5 Å². The summed E-state index contributed by atoms with van der Waals surface area (Å²) in [5.41, 5.74) is 0. The van der Waals surface area contributed by atoms with Crippen LogP contribution in [0.15, 0.2) is 194 Å². The average molecular weight is 954 g/mol. The number of nitrogens with zero attached hydrogens (tertiary/aromatic N) is 2. The minimum Gasteiger partial charge on any atom is -0.457 e. The van der Waals surface area contributed by atoms with Crippen LogP contribution in [0.2, 0.25) is 0 Å². The average Bonchev–Trinajstić information content (AvgIpc) is 4.13. The fraction of sp³-hybridized carbons (Fsp3) is 0. The van der Waals surface area contributed by atoms with Gasteiger partial charge in [0.05, 0.1) is 23.3 Å². The monoisotopic (exact) mass is 953 g/mol. The molecule has 8 aromatic carbocycles. The zero-order chi connectivity index (χ0) is 47.0. The van der Waals surface area contributed by atoms with E-state index >= 15 is 0 Å². The maximum Gasteiger partial charge on any atom is 0.128 e. The van der Waals surface area contributed by atoms with Crippen molar-refractivity contribution in [3.63, 3.8) is 0 Å². The molecule has 337 valence electrons. The number of rotatable bonds is 8. The predicted molar refractivity (Wildman–Crippen MR) is 271 cm³/mol. The van der Waals surface area contributed by atoms with Crippen LogP contribution in [-0.4, -0.2) is 9.97 Å². The van der Waals surface area contributed by atoms with Crippen molar-refractivity contribution in [2.45, 2.75) is 0 Å². The Labute approximate surface area is 409 Å². The zero-order valence-corrected chi connectivity index (χ0v) is 38.3. The molecule has 8 bridgehead atoms. The van der Waals surface area contributed by atoms with Gasteiger partial charge in [-0.15, -0.1) is 0 Å². The van der Waals surface area contributed by atoms with Gasteiger partial charge < -0.3 is 60.2 Å².